The fourth-order valence-electron chi connectivity index (χ4n) is 2.47. The van der Waals surface area contributed by atoms with Gasteiger partial charge in [-0.1, -0.05) is 62.4 Å². The molecule has 0 bridgehead atoms. The van der Waals surface area contributed by atoms with Crippen LogP contribution in [0.3, 0.4) is 0 Å². The van der Waals surface area contributed by atoms with Crippen LogP contribution < -0.4 is 5.32 Å². The van der Waals surface area contributed by atoms with Crippen molar-refractivity contribution in [2.75, 3.05) is 5.32 Å². The lowest BCUT2D eigenvalue weighted by atomic mass is 9.87. The molecule has 0 aliphatic rings. The number of anilines is 1. The third kappa shape index (κ3) is 4.32. The first-order chi connectivity index (χ1) is 12.3. The fraction of sp³-hybridized carbons (Fsp3) is 0.250. The van der Waals surface area contributed by atoms with Crippen LogP contribution in [0.1, 0.15) is 47.3 Å². The highest BCUT2D eigenvalue weighted by molar-refractivity contribution is 7.15. The maximum absolute atomic E-state index is 13.7. The number of aromatic nitrogens is 2. The summed E-state index contributed by atoms with van der Waals surface area (Å²) < 4.78 is 13.7. The van der Waals surface area contributed by atoms with E-state index in [1.165, 1.54) is 17.4 Å². The maximum atomic E-state index is 13.7. The summed E-state index contributed by atoms with van der Waals surface area (Å²) in [6.45, 7) is 6.38. The van der Waals surface area contributed by atoms with Crippen LogP contribution in [0.2, 0.25) is 0 Å². The summed E-state index contributed by atoms with van der Waals surface area (Å²) in [5.41, 5.74) is 2.32. The SMILES string of the molecule is CC(C)(C)c1ccc(C(=O)Nc2nnc(Cc3ccccc3F)s2)cc1. The molecule has 0 aliphatic heterocycles. The first-order valence-electron chi connectivity index (χ1n) is 8.30. The monoisotopic (exact) mass is 369 g/mol. The van der Waals surface area contributed by atoms with Crippen LogP contribution in [0.5, 0.6) is 0 Å². The molecule has 0 aliphatic carbocycles. The van der Waals surface area contributed by atoms with Gasteiger partial charge in [0.15, 0.2) is 0 Å². The zero-order valence-corrected chi connectivity index (χ0v) is 15.7. The van der Waals surface area contributed by atoms with Gasteiger partial charge in [0.25, 0.3) is 5.91 Å². The number of carbonyl (C=O) groups excluding carboxylic acids is 1. The summed E-state index contributed by atoms with van der Waals surface area (Å²) in [5.74, 6) is -0.508. The molecule has 26 heavy (non-hydrogen) atoms. The molecular formula is C20H20FN3OS. The smallest absolute Gasteiger partial charge is 0.257 e. The molecule has 4 nitrogen and oxygen atoms in total. The molecule has 1 N–H and O–H groups in total. The fourth-order valence-corrected chi connectivity index (χ4v) is 3.23. The number of rotatable bonds is 4. The van der Waals surface area contributed by atoms with E-state index in [9.17, 15) is 9.18 Å². The quantitative estimate of drug-likeness (QED) is 0.717. The Bertz CT molecular complexity index is 913. The highest BCUT2D eigenvalue weighted by Gasteiger charge is 2.15. The lowest BCUT2D eigenvalue weighted by molar-refractivity contribution is 0.102. The van der Waals surface area contributed by atoms with E-state index in [0.29, 0.717) is 27.7 Å². The minimum Gasteiger partial charge on any atom is -0.296 e. The summed E-state index contributed by atoms with van der Waals surface area (Å²) in [7, 11) is 0. The van der Waals surface area contributed by atoms with Crippen LogP contribution >= 0.6 is 11.3 Å². The van der Waals surface area contributed by atoms with E-state index < -0.39 is 0 Å². The lowest BCUT2D eigenvalue weighted by Gasteiger charge is -2.18. The average Bonchev–Trinajstić information content (AvgIpc) is 3.03. The zero-order chi connectivity index (χ0) is 18.7. The minimum atomic E-state index is -0.271. The molecule has 0 atom stereocenters. The molecule has 0 saturated heterocycles. The molecule has 1 amide bonds. The average molecular weight is 369 g/mol. The van der Waals surface area contributed by atoms with Crippen molar-refractivity contribution in [1.82, 2.24) is 10.2 Å². The summed E-state index contributed by atoms with van der Waals surface area (Å²) in [6.07, 6.45) is 0.348. The number of halogens is 1. The molecule has 3 rings (SSSR count). The van der Waals surface area contributed by atoms with Gasteiger partial charge < -0.3 is 0 Å². The lowest BCUT2D eigenvalue weighted by Crippen LogP contribution is -2.14. The van der Waals surface area contributed by atoms with Crippen molar-refractivity contribution in [3.8, 4) is 0 Å². The van der Waals surface area contributed by atoms with Crippen LogP contribution in [0.15, 0.2) is 48.5 Å². The van der Waals surface area contributed by atoms with Crippen LogP contribution in [0.4, 0.5) is 9.52 Å². The molecule has 3 aromatic rings. The minimum absolute atomic E-state index is 0.0375. The second kappa shape index (κ2) is 7.33. The van der Waals surface area contributed by atoms with Gasteiger partial charge in [0.2, 0.25) is 5.13 Å². The predicted molar refractivity (Wildman–Crippen MR) is 102 cm³/mol. The molecule has 2 aromatic carbocycles. The van der Waals surface area contributed by atoms with Crippen molar-refractivity contribution >= 4 is 22.4 Å². The molecule has 134 valence electrons. The zero-order valence-electron chi connectivity index (χ0n) is 14.9. The van der Waals surface area contributed by atoms with Gasteiger partial charge in [-0.05, 0) is 34.7 Å². The first-order valence-corrected chi connectivity index (χ1v) is 9.12. The van der Waals surface area contributed by atoms with Gasteiger partial charge in [0, 0.05) is 12.0 Å². The van der Waals surface area contributed by atoms with Gasteiger partial charge >= 0.3 is 0 Å². The largest absolute Gasteiger partial charge is 0.296 e. The van der Waals surface area contributed by atoms with E-state index >= 15 is 0 Å². The Morgan fingerprint density at radius 2 is 1.77 bits per heavy atom. The van der Waals surface area contributed by atoms with Crippen LogP contribution in [-0.2, 0) is 11.8 Å². The normalized spacial score (nSPS) is 11.4. The van der Waals surface area contributed by atoms with Crippen molar-refractivity contribution in [2.45, 2.75) is 32.6 Å². The van der Waals surface area contributed by atoms with Crippen molar-refractivity contribution < 1.29 is 9.18 Å². The molecule has 0 fully saturated rings. The topological polar surface area (TPSA) is 54.9 Å². The highest BCUT2D eigenvalue weighted by atomic mass is 32.1. The van der Waals surface area contributed by atoms with E-state index in [1.807, 2.05) is 12.1 Å². The summed E-state index contributed by atoms with van der Waals surface area (Å²) >= 11 is 1.25. The third-order valence-corrected chi connectivity index (χ3v) is 4.84. The Hall–Kier alpha value is -2.60. The summed E-state index contributed by atoms with van der Waals surface area (Å²) in [6, 6.07) is 14.1. The highest BCUT2D eigenvalue weighted by Crippen LogP contribution is 2.23. The predicted octanol–water partition coefficient (Wildman–Crippen LogP) is 4.82. The molecule has 0 radical (unpaired) electrons. The number of amides is 1. The summed E-state index contributed by atoms with van der Waals surface area (Å²) in [4.78, 5) is 12.4. The van der Waals surface area contributed by atoms with E-state index in [4.69, 9.17) is 0 Å². The number of hydrogen-bond donors (Lipinski definition) is 1. The second-order valence-electron chi connectivity index (χ2n) is 7.05. The summed E-state index contributed by atoms with van der Waals surface area (Å²) in [5, 5.41) is 11.8. The maximum Gasteiger partial charge on any atom is 0.257 e. The van der Waals surface area contributed by atoms with E-state index in [1.54, 1.807) is 30.3 Å². The molecule has 6 heteroatoms. The van der Waals surface area contributed by atoms with Crippen LogP contribution in [-0.4, -0.2) is 16.1 Å². The third-order valence-electron chi connectivity index (χ3n) is 4.00. The number of benzene rings is 2. The van der Waals surface area contributed by atoms with Crippen molar-refractivity contribution in [2.24, 2.45) is 0 Å². The van der Waals surface area contributed by atoms with Crippen molar-refractivity contribution in [3.63, 3.8) is 0 Å². The van der Waals surface area contributed by atoms with E-state index in [-0.39, 0.29) is 17.1 Å². The Balaban J connectivity index is 1.67. The Kier molecular flexibility index (Phi) is 5.13. The van der Waals surface area contributed by atoms with Gasteiger partial charge in [-0.15, -0.1) is 10.2 Å². The number of nitrogens with zero attached hydrogens (tertiary/aromatic N) is 2. The number of carbonyl (C=O) groups is 1. The Labute approximate surface area is 156 Å². The van der Waals surface area contributed by atoms with Crippen LogP contribution in [0.25, 0.3) is 0 Å². The Morgan fingerprint density at radius 3 is 2.42 bits per heavy atom. The molecule has 1 heterocycles. The standard InChI is InChI=1S/C20H20FN3OS/c1-20(2,3)15-10-8-13(9-11-15)18(25)22-19-24-23-17(26-19)12-14-6-4-5-7-16(14)21/h4-11H,12H2,1-3H3,(H,22,24,25). The molecule has 0 unspecified atom stereocenters. The van der Waals surface area contributed by atoms with Crippen molar-refractivity contribution in [1.29, 1.82) is 0 Å². The number of nitrogens with one attached hydrogen (secondary N) is 1. The van der Waals surface area contributed by atoms with Gasteiger partial charge in [0.05, 0.1) is 0 Å². The van der Waals surface area contributed by atoms with Crippen molar-refractivity contribution in [3.05, 3.63) is 76.0 Å². The Morgan fingerprint density at radius 1 is 1.08 bits per heavy atom. The first kappa shape index (κ1) is 18.2. The van der Waals surface area contributed by atoms with Gasteiger partial charge in [0.1, 0.15) is 10.8 Å². The van der Waals surface area contributed by atoms with Crippen LogP contribution in [0, 0.1) is 5.82 Å². The molecular weight excluding hydrogens is 349 g/mol. The van der Waals surface area contributed by atoms with Gasteiger partial charge in [-0.3, -0.25) is 10.1 Å². The molecule has 1 aromatic heterocycles. The van der Waals surface area contributed by atoms with E-state index in [0.717, 1.165) is 5.56 Å². The molecule has 0 saturated carbocycles. The van der Waals surface area contributed by atoms with Gasteiger partial charge in [-0.2, -0.15) is 0 Å². The van der Waals surface area contributed by atoms with Gasteiger partial charge in [-0.25, -0.2) is 4.39 Å². The van der Waals surface area contributed by atoms with E-state index in [2.05, 4.69) is 36.3 Å². The number of hydrogen-bond acceptors (Lipinski definition) is 4. The second-order valence-corrected chi connectivity index (χ2v) is 8.11. The molecule has 0 spiro atoms.